The molecule has 2 aliphatic rings. The number of piperazine rings is 1. The lowest BCUT2D eigenvalue weighted by Gasteiger charge is -2.35. The van der Waals surface area contributed by atoms with Crippen LogP contribution in [0.4, 0.5) is 0 Å². The number of nitrogens with zero attached hydrogens (tertiary/aromatic N) is 1. The van der Waals surface area contributed by atoms with E-state index in [1.165, 1.54) is 4.90 Å². The number of hydrogen-bond donors (Lipinski definition) is 1. The van der Waals surface area contributed by atoms with Crippen molar-refractivity contribution in [3.63, 3.8) is 0 Å². The zero-order chi connectivity index (χ0) is 15.7. The summed E-state index contributed by atoms with van der Waals surface area (Å²) in [4.78, 5) is 15.6. The highest BCUT2D eigenvalue weighted by atomic mass is 35.5. The van der Waals surface area contributed by atoms with Crippen molar-refractivity contribution in [1.82, 2.24) is 4.90 Å². The second-order valence-corrected chi connectivity index (χ2v) is 8.72. The van der Waals surface area contributed by atoms with Crippen LogP contribution in [0.3, 0.4) is 0 Å². The minimum atomic E-state index is -2.84. The van der Waals surface area contributed by atoms with Gasteiger partial charge in [0.25, 0.3) is 5.91 Å². The highest BCUT2D eigenvalue weighted by Gasteiger charge is 2.37. The minimum Gasteiger partial charge on any atom is -0.329 e. The summed E-state index contributed by atoms with van der Waals surface area (Å²) in [6, 6.07) is 7.14. The lowest BCUT2D eigenvalue weighted by molar-refractivity contribution is -0.925. The van der Waals surface area contributed by atoms with Crippen molar-refractivity contribution in [3.8, 4) is 0 Å². The van der Waals surface area contributed by atoms with Gasteiger partial charge in [-0.3, -0.25) is 4.79 Å². The maximum Gasteiger partial charge on any atom is 0.254 e. The van der Waals surface area contributed by atoms with Crippen molar-refractivity contribution in [2.24, 2.45) is 0 Å². The number of hydrogen-bond acceptors (Lipinski definition) is 3. The summed E-state index contributed by atoms with van der Waals surface area (Å²) < 4.78 is 23.2. The molecule has 0 aromatic heterocycles. The third-order valence-electron chi connectivity index (χ3n) is 4.59. The molecule has 1 aromatic rings. The van der Waals surface area contributed by atoms with E-state index in [2.05, 4.69) is 0 Å². The van der Waals surface area contributed by atoms with Gasteiger partial charge in [0.15, 0.2) is 9.84 Å². The summed E-state index contributed by atoms with van der Waals surface area (Å²) in [5.74, 6) is 0.636. The first-order valence-corrected chi connectivity index (χ1v) is 9.74. The molecule has 120 valence electrons. The van der Waals surface area contributed by atoms with Crippen molar-refractivity contribution >= 4 is 27.3 Å². The second-order valence-electron chi connectivity index (χ2n) is 6.06. The average molecular weight is 344 g/mol. The predicted octanol–water partition coefficient (Wildman–Crippen LogP) is -0.132. The lowest BCUT2D eigenvalue weighted by Crippen LogP contribution is -3.18. The number of rotatable bonds is 2. The number of quaternary nitrogens is 1. The van der Waals surface area contributed by atoms with E-state index in [1.54, 1.807) is 24.3 Å². The van der Waals surface area contributed by atoms with Gasteiger partial charge in [0.2, 0.25) is 0 Å². The topological polar surface area (TPSA) is 58.9 Å². The number of benzene rings is 1. The predicted molar refractivity (Wildman–Crippen MR) is 85.1 cm³/mol. The SMILES string of the molecule is O=C(c1ccc(Cl)cc1)N1CC[NH+]([C@H]2CCS(=O)(=O)C2)CC1. The summed E-state index contributed by atoms with van der Waals surface area (Å²) in [7, 11) is -2.84. The number of carbonyl (C=O) groups is 1. The Morgan fingerprint density at radius 1 is 1.18 bits per heavy atom. The van der Waals surface area contributed by atoms with Crippen LogP contribution in [0.5, 0.6) is 0 Å². The normalized spacial score (nSPS) is 25.3. The van der Waals surface area contributed by atoms with E-state index in [1.807, 2.05) is 4.90 Å². The molecule has 2 saturated heterocycles. The van der Waals surface area contributed by atoms with Gasteiger partial charge in [0.1, 0.15) is 11.8 Å². The standard InChI is InChI=1S/C15H19ClN2O3S/c16-13-3-1-12(2-4-13)15(19)18-8-6-17(7-9-18)14-5-10-22(20,21)11-14/h1-4,14H,5-11H2/p+1/t14-/m0/s1. The number of nitrogens with one attached hydrogen (secondary N) is 1. The van der Waals surface area contributed by atoms with Crippen LogP contribution in [0.15, 0.2) is 24.3 Å². The molecule has 7 heteroatoms. The fourth-order valence-electron chi connectivity index (χ4n) is 3.30. The Balaban J connectivity index is 1.57. The van der Waals surface area contributed by atoms with E-state index < -0.39 is 9.84 Å². The molecule has 1 N–H and O–H groups in total. The molecular formula is C15H20ClN2O3S+. The molecular weight excluding hydrogens is 324 g/mol. The van der Waals surface area contributed by atoms with Gasteiger partial charge >= 0.3 is 0 Å². The molecule has 0 unspecified atom stereocenters. The molecule has 0 bridgehead atoms. The van der Waals surface area contributed by atoms with Crippen LogP contribution in [0, 0.1) is 0 Å². The van der Waals surface area contributed by atoms with Gasteiger partial charge in [-0.2, -0.15) is 0 Å². The van der Waals surface area contributed by atoms with Gasteiger partial charge < -0.3 is 9.80 Å². The van der Waals surface area contributed by atoms with Crippen LogP contribution < -0.4 is 4.90 Å². The fourth-order valence-corrected chi connectivity index (χ4v) is 5.25. The largest absolute Gasteiger partial charge is 0.329 e. The molecule has 0 aliphatic carbocycles. The van der Waals surface area contributed by atoms with Gasteiger partial charge in [-0.05, 0) is 24.3 Å². The van der Waals surface area contributed by atoms with E-state index in [0.29, 0.717) is 35.2 Å². The van der Waals surface area contributed by atoms with Gasteiger partial charge in [0.05, 0.1) is 31.9 Å². The van der Waals surface area contributed by atoms with E-state index in [4.69, 9.17) is 11.6 Å². The molecule has 22 heavy (non-hydrogen) atoms. The lowest BCUT2D eigenvalue weighted by atomic mass is 10.1. The summed E-state index contributed by atoms with van der Waals surface area (Å²) in [5, 5.41) is 0.619. The molecule has 0 radical (unpaired) electrons. The van der Waals surface area contributed by atoms with Gasteiger partial charge in [0, 0.05) is 17.0 Å². The minimum absolute atomic E-state index is 0.0229. The van der Waals surface area contributed by atoms with E-state index >= 15 is 0 Å². The maximum absolute atomic E-state index is 12.4. The third-order valence-corrected chi connectivity index (χ3v) is 6.61. The highest BCUT2D eigenvalue weighted by molar-refractivity contribution is 7.91. The van der Waals surface area contributed by atoms with Crippen molar-refractivity contribution in [3.05, 3.63) is 34.9 Å². The number of carbonyl (C=O) groups excluding carboxylic acids is 1. The Bertz CT molecular complexity index is 652. The fraction of sp³-hybridized carbons (Fsp3) is 0.533. The van der Waals surface area contributed by atoms with Crippen LogP contribution in [-0.4, -0.2) is 63.0 Å². The van der Waals surface area contributed by atoms with Crippen LogP contribution in [0.1, 0.15) is 16.8 Å². The van der Waals surface area contributed by atoms with Gasteiger partial charge in [-0.25, -0.2) is 8.42 Å². The Hall–Kier alpha value is -1.11. The number of halogens is 1. The zero-order valence-electron chi connectivity index (χ0n) is 12.3. The molecule has 5 nitrogen and oxygen atoms in total. The monoisotopic (exact) mass is 343 g/mol. The average Bonchev–Trinajstić information content (AvgIpc) is 2.88. The summed E-state index contributed by atoms with van der Waals surface area (Å²) in [5.41, 5.74) is 0.649. The quantitative estimate of drug-likeness (QED) is 0.813. The molecule has 2 fully saturated rings. The summed E-state index contributed by atoms with van der Waals surface area (Å²) in [6.45, 7) is 2.99. The first kappa shape index (κ1) is 15.8. The highest BCUT2D eigenvalue weighted by Crippen LogP contribution is 2.12. The molecule has 3 rings (SSSR count). The molecule has 1 atom stereocenters. The van der Waals surface area contributed by atoms with Gasteiger partial charge in [-0.15, -0.1) is 0 Å². The molecule has 0 spiro atoms. The Morgan fingerprint density at radius 2 is 1.82 bits per heavy atom. The Kier molecular flexibility index (Phi) is 4.43. The van der Waals surface area contributed by atoms with Crippen LogP contribution in [0.2, 0.25) is 5.02 Å². The van der Waals surface area contributed by atoms with Crippen molar-refractivity contribution in [2.45, 2.75) is 12.5 Å². The van der Waals surface area contributed by atoms with E-state index in [-0.39, 0.29) is 11.9 Å². The molecule has 1 amide bonds. The van der Waals surface area contributed by atoms with Crippen LogP contribution in [-0.2, 0) is 9.84 Å². The summed E-state index contributed by atoms with van der Waals surface area (Å²) in [6.07, 6.45) is 0.753. The number of sulfone groups is 1. The first-order chi connectivity index (χ1) is 10.4. The zero-order valence-corrected chi connectivity index (χ0v) is 13.9. The number of amides is 1. The molecule has 1 aromatic carbocycles. The van der Waals surface area contributed by atoms with E-state index in [9.17, 15) is 13.2 Å². The van der Waals surface area contributed by atoms with Crippen molar-refractivity contribution < 1.29 is 18.1 Å². The second kappa shape index (κ2) is 6.18. The Morgan fingerprint density at radius 3 is 2.36 bits per heavy atom. The molecule has 2 aliphatic heterocycles. The van der Waals surface area contributed by atoms with Crippen molar-refractivity contribution in [1.29, 1.82) is 0 Å². The van der Waals surface area contributed by atoms with E-state index in [0.717, 1.165) is 19.5 Å². The van der Waals surface area contributed by atoms with Crippen LogP contribution in [0.25, 0.3) is 0 Å². The molecule has 2 heterocycles. The maximum atomic E-state index is 12.4. The first-order valence-electron chi connectivity index (χ1n) is 7.54. The van der Waals surface area contributed by atoms with Crippen molar-refractivity contribution in [2.75, 3.05) is 37.7 Å². The summed E-state index contributed by atoms with van der Waals surface area (Å²) >= 11 is 5.84. The third kappa shape index (κ3) is 3.45. The van der Waals surface area contributed by atoms with Crippen LogP contribution >= 0.6 is 11.6 Å². The Labute approximate surface area is 135 Å². The molecule has 0 saturated carbocycles. The smallest absolute Gasteiger partial charge is 0.254 e. The van der Waals surface area contributed by atoms with Gasteiger partial charge in [-0.1, -0.05) is 11.6 Å².